The Bertz CT molecular complexity index is 331. The minimum absolute atomic E-state index is 0.204. The van der Waals surface area contributed by atoms with Gasteiger partial charge >= 0.3 is 0 Å². The highest BCUT2D eigenvalue weighted by Gasteiger charge is 2.28. The van der Waals surface area contributed by atoms with Crippen molar-refractivity contribution in [3.63, 3.8) is 0 Å². The van der Waals surface area contributed by atoms with Crippen molar-refractivity contribution in [3.8, 4) is 0 Å². The fourth-order valence-electron chi connectivity index (χ4n) is 2.68. The molecule has 0 spiro atoms. The van der Waals surface area contributed by atoms with Crippen LogP contribution in [0.4, 0.5) is 0 Å². The lowest BCUT2D eigenvalue weighted by Gasteiger charge is -2.40. The third-order valence-corrected chi connectivity index (χ3v) is 3.60. The van der Waals surface area contributed by atoms with Crippen LogP contribution in [0.2, 0.25) is 0 Å². The van der Waals surface area contributed by atoms with E-state index in [1.54, 1.807) is 12.4 Å². The van der Waals surface area contributed by atoms with E-state index in [0.29, 0.717) is 6.54 Å². The quantitative estimate of drug-likeness (QED) is 0.815. The summed E-state index contributed by atoms with van der Waals surface area (Å²) in [4.78, 5) is 6.38. The molecule has 0 saturated carbocycles. The summed E-state index contributed by atoms with van der Waals surface area (Å²) < 4.78 is 0. The summed E-state index contributed by atoms with van der Waals surface area (Å²) >= 11 is 0. The average molecular weight is 235 g/mol. The molecule has 3 N–H and O–H groups in total. The second-order valence-electron chi connectivity index (χ2n) is 4.60. The van der Waals surface area contributed by atoms with Crippen LogP contribution in [0.15, 0.2) is 24.5 Å². The first-order valence-corrected chi connectivity index (χ1v) is 6.33. The zero-order valence-electron chi connectivity index (χ0n) is 10.1. The average Bonchev–Trinajstić information content (AvgIpc) is 2.41. The van der Waals surface area contributed by atoms with Gasteiger partial charge in [-0.1, -0.05) is 6.42 Å². The van der Waals surface area contributed by atoms with E-state index in [1.807, 2.05) is 12.1 Å². The third-order valence-electron chi connectivity index (χ3n) is 3.60. The van der Waals surface area contributed by atoms with Gasteiger partial charge in [-0.25, -0.2) is 0 Å². The number of nitrogens with zero attached hydrogens (tertiary/aromatic N) is 2. The monoisotopic (exact) mass is 235 g/mol. The number of pyridine rings is 1. The summed E-state index contributed by atoms with van der Waals surface area (Å²) in [5.74, 6) is 0. The highest BCUT2D eigenvalue weighted by atomic mass is 16.3. The van der Waals surface area contributed by atoms with Crippen molar-refractivity contribution >= 4 is 0 Å². The molecule has 1 aliphatic heterocycles. The van der Waals surface area contributed by atoms with Crippen molar-refractivity contribution in [3.05, 3.63) is 30.1 Å². The standard InChI is InChI=1S/C13H21N3O/c14-9-13(11-4-6-15-7-5-11)16-8-2-1-3-12(16)10-17/h4-7,12-13,17H,1-3,8-10,14H2. The van der Waals surface area contributed by atoms with E-state index in [0.717, 1.165) is 13.0 Å². The molecule has 0 radical (unpaired) electrons. The van der Waals surface area contributed by atoms with Crippen molar-refractivity contribution in [2.75, 3.05) is 19.7 Å². The lowest BCUT2D eigenvalue weighted by atomic mass is 9.97. The maximum Gasteiger partial charge on any atom is 0.0587 e. The molecule has 4 nitrogen and oxygen atoms in total. The number of likely N-dealkylation sites (tertiary alicyclic amines) is 1. The van der Waals surface area contributed by atoms with Gasteiger partial charge < -0.3 is 10.8 Å². The van der Waals surface area contributed by atoms with Gasteiger partial charge in [0.2, 0.25) is 0 Å². The molecule has 2 unspecified atom stereocenters. The molecule has 1 saturated heterocycles. The first-order valence-electron chi connectivity index (χ1n) is 6.33. The van der Waals surface area contributed by atoms with Gasteiger partial charge in [0.05, 0.1) is 6.61 Å². The Morgan fingerprint density at radius 2 is 2.18 bits per heavy atom. The Morgan fingerprint density at radius 3 is 2.82 bits per heavy atom. The molecule has 4 heteroatoms. The van der Waals surface area contributed by atoms with Crippen molar-refractivity contribution in [2.45, 2.75) is 31.3 Å². The topological polar surface area (TPSA) is 62.4 Å². The second kappa shape index (κ2) is 6.10. The Balaban J connectivity index is 2.16. The molecule has 1 fully saturated rings. The van der Waals surface area contributed by atoms with E-state index in [-0.39, 0.29) is 18.7 Å². The van der Waals surface area contributed by atoms with Crippen LogP contribution in [0.3, 0.4) is 0 Å². The minimum Gasteiger partial charge on any atom is -0.395 e. The number of hydrogen-bond donors (Lipinski definition) is 2. The van der Waals surface area contributed by atoms with E-state index in [4.69, 9.17) is 5.73 Å². The molecule has 0 amide bonds. The van der Waals surface area contributed by atoms with Crippen LogP contribution in [-0.2, 0) is 0 Å². The SMILES string of the molecule is NCC(c1ccncc1)N1CCCCC1CO. The molecule has 94 valence electrons. The summed E-state index contributed by atoms with van der Waals surface area (Å²) in [5, 5.41) is 9.46. The zero-order chi connectivity index (χ0) is 12.1. The number of piperidine rings is 1. The number of aliphatic hydroxyl groups excluding tert-OH is 1. The summed E-state index contributed by atoms with van der Waals surface area (Å²) in [7, 11) is 0. The van der Waals surface area contributed by atoms with E-state index in [1.165, 1.54) is 18.4 Å². The fraction of sp³-hybridized carbons (Fsp3) is 0.615. The summed E-state index contributed by atoms with van der Waals surface area (Å²) in [5.41, 5.74) is 7.11. The van der Waals surface area contributed by atoms with Crippen molar-refractivity contribution in [1.82, 2.24) is 9.88 Å². The number of hydrogen-bond acceptors (Lipinski definition) is 4. The van der Waals surface area contributed by atoms with Crippen LogP contribution in [0.25, 0.3) is 0 Å². The van der Waals surface area contributed by atoms with Gasteiger partial charge in [-0.3, -0.25) is 9.88 Å². The van der Waals surface area contributed by atoms with Gasteiger partial charge in [0.1, 0.15) is 0 Å². The largest absolute Gasteiger partial charge is 0.395 e. The lowest BCUT2D eigenvalue weighted by molar-refractivity contribution is 0.0552. The van der Waals surface area contributed by atoms with Crippen LogP contribution in [0.1, 0.15) is 30.9 Å². The number of nitrogens with two attached hydrogens (primary N) is 1. The Kier molecular flexibility index (Phi) is 4.48. The fourth-order valence-corrected chi connectivity index (χ4v) is 2.68. The molecule has 2 atom stereocenters. The predicted octanol–water partition coefficient (Wildman–Crippen LogP) is 0.928. The maximum atomic E-state index is 9.46. The lowest BCUT2D eigenvalue weighted by Crippen LogP contribution is -2.46. The molecule has 2 heterocycles. The molecule has 0 aromatic carbocycles. The van der Waals surface area contributed by atoms with Crippen LogP contribution in [-0.4, -0.2) is 40.7 Å². The molecule has 2 rings (SSSR count). The summed E-state index contributed by atoms with van der Waals surface area (Å²) in [6.45, 7) is 1.83. The number of rotatable bonds is 4. The van der Waals surface area contributed by atoms with Crippen molar-refractivity contribution in [2.24, 2.45) is 5.73 Å². The van der Waals surface area contributed by atoms with Crippen LogP contribution >= 0.6 is 0 Å². The molecule has 1 aliphatic rings. The van der Waals surface area contributed by atoms with Crippen molar-refractivity contribution < 1.29 is 5.11 Å². The molecule has 1 aromatic heterocycles. The van der Waals surface area contributed by atoms with Gasteiger partial charge in [0.25, 0.3) is 0 Å². The van der Waals surface area contributed by atoms with Gasteiger partial charge in [-0.15, -0.1) is 0 Å². The van der Waals surface area contributed by atoms with Crippen LogP contribution < -0.4 is 5.73 Å². The van der Waals surface area contributed by atoms with Crippen molar-refractivity contribution in [1.29, 1.82) is 0 Å². The number of aromatic nitrogens is 1. The molecule has 0 bridgehead atoms. The Morgan fingerprint density at radius 1 is 1.41 bits per heavy atom. The van der Waals surface area contributed by atoms with E-state index >= 15 is 0 Å². The van der Waals surface area contributed by atoms with E-state index < -0.39 is 0 Å². The normalized spacial score (nSPS) is 23.5. The summed E-state index contributed by atoms with van der Waals surface area (Å²) in [6, 6.07) is 4.49. The molecular formula is C13H21N3O. The minimum atomic E-state index is 0.204. The van der Waals surface area contributed by atoms with Gasteiger partial charge in [0.15, 0.2) is 0 Å². The van der Waals surface area contributed by atoms with Gasteiger partial charge in [0, 0.05) is 31.0 Å². The smallest absolute Gasteiger partial charge is 0.0587 e. The molecular weight excluding hydrogens is 214 g/mol. The van der Waals surface area contributed by atoms with E-state index in [2.05, 4.69) is 9.88 Å². The highest BCUT2D eigenvalue weighted by Crippen LogP contribution is 2.27. The maximum absolute atomic E-state index is 9.46. The Labute approximate surface area is 102 Å². The summed E-state index contributed by atoms with van der Waals surface area (Å²) in [6.07, 6.45) is 7.07. The Hall–Kier alpha value is -0.970. The molecule has 0 aliphatic carbocycles. The third kappa shape index (κ3) is 2.83. The first kappa shape index (κ1) is 12.5. The zero-order valence-corrected chi connectivity index (χ0v) is 10.1. The van der Waals surface area contributed by atoms with Gasteiger partial charge in [-0.05, 0) is 37.1 Å². The van der Waals surface area contributed by atoms with Gasteiger partial charge in [-0.2, -0.15) is 0 Å². The van der Waals surface area contributed by atoms with Crippen LogP contribution in [0.5, 0.6) is 0 Å². The predicted molar refractivity (Wildman–Crippen MR) is 67.5 cm³/mol. The van der Waals surface area contributed by atoms with E-state index in [9.17, 15) is 5.11 Å². The number of aliphatic hydroxyl groups is 1. The highest BCUT2D eigenvalue weighted by molar-refractivity contribution is 5.16. The first-order chi connectivity index (χ1) is 8.36. The van der Waals surface area contributed by atoms with Crippen LogP contribution in [0, 0.1) is 0 Å². The second-order valence-corrected chi connectivity index (χ2v) is 4.60. The molecule has 1 aromatic rings. The molecule has 17 heavy (non-hydrogen) atoms.